The number of nitrogens with one attached hydrogen (secondary N) is 1. The molecule has 2 nitrogen and oxygen atoms in total. The summed E-state index contributed by atoms with van der Waals surface area (Å²) in [5.74, 6) is 1.05. The molecule has 1 N–H and O–H groups in total. The highest BCUT2D eigenvalue weighted by Gasteiger charge is 2.59. The van der Waals surface area contributed by atoms with E-state index in [1.165, 1.54) is 19.3 Å². The largest absolute Gasteiger partial charge is 0.352 e. The number of hydrogen-bond acceptors (Lipinski definition) is 1. The second kappa shape index (κ2) is 5.15. The monoisotopic (exact) mass is 315 g/mol. The molecule has 2 aliphatic carbocycles. The molecule has 0 saturated heterocycles. The lowest BCUT2D eigenvalue weighted by molar-refractivity contribution is -0.124. The number of halogens is 1. The van der Waals surface area contributed by atoms with Gasteiger partial charge in [0, 0.05) is 17.8 Å². The normalized spacial score (nSPS) is 36.9. The van der Waals surface area contributed by atoms with Crippen LogP contribution in [0.4, 0.5) is 0 Å². The number of carbonyl (C=O) groups excluding carboxylic acids is 1. The van der Waals surface area contributed by atoms with Gasteiger partial charge >= 0.3 is 0 Å². The number of rotatable bonds is 5. The van der Waals surface area contributed by atoms with Crippen LogP contribution in [0.5, 0.6) is 0 Å². The first kappa shape index (κ1) is 14.4. The molecular formula is C15H26BrNO. The minimum atomic E-state index is 0.253. The molecule has 3 heteroatoms. The highest BCUT2D eigenvalue weighted by Crippen LogP contribution is 2.62. The van der Waals surface area contributed by atoms with Crippen LogP contribution in [-0.2, 0) is 4.79 Å². The molecule has 0 aliphatic heterocycles. The molecule has 2 fully saturated rings. The highest BCUT2D eigenvalue weighted by molar-refractivity contribution is 9.09. The average molecular weight is 316 g/mol. The van der Waals surface area contributed by atoms with Gasteiger partial charge in [0.15, 0.2) is 0 Å². The SMILES string of the molecule is CC12CCC(C1)C(C)(C)C2NC(=O)CCCCBr. The number of carbonyl (C=O) groups is 1. The van der Waals surface area contributed by atoms with Crippen molar-refractivity contribution in [1.29, 1.82) is 0 Å². The van der Waals surface area contributed by atoms with E-state index in [0.29, 0.717) is 17.9 Å². The summed E-state index contributed by atoms with van der Waals surface area (Å²) >= 11 is 3.41. The first-order chi connectivity index (χ1) is 8.40. The Hall–Kier alpha value is -0.0500. The van der Waals surface area contributed by atoms with Gasteiger partial charge < -0.3 is 5.32 Å². The van der Waals surface area contributed by atoms with E-state index in [4.69, 9.17) is 0 Å². The Labute approximate surface area is 119 Å². The maximum atomic E-state index is 12.1. The van der Waals surface area contributed by atoms with E-state index in [1.54, 1.807) is 0 Å². The van der Waals surface area contributed by atoms with Gasteiger partial charge in [0.25, 0.3) is 0 Å². The van der Waals surface area contributed by atoms with Gasteiger partial charge in [-0.2, -0.15) is 0 Å². The minimum Gasteiger partial charge on any atom is -0.352 e. The minimum absolute atomic E-state index is 0.253. The van der Waals surface area contributed by atoms with Crippen molar-refractivity contribution in [2.45, 2.75) is 65.3 Å². The fourth-order valence-corrected chi connectivity index (χ4v) is 4.67. The Morgan fingerprint density at radius 1 is 1.33 bits per heavy atom. The molecule has 2 rings (SSSR count). The molecular weight excluding hydrogens is 290 g/mol. The van der Waals surface area contributed by atoms with Crippen molar-refractivity contribution in [2.75, 3.05) is 5.33 Å². The third-order valence-corrected chi connectivity index (χ3v) is 5.92. The van der Waals surface area contributed by atoms with Crippen molar-refractivity contribution in [1.82, 2.24) is 5.32 Å². The van der Waals surface area contributed by atoms with Gasteiger partial charge in [-0.15, -0.1) is 0 Å². The van der Waals surface area contributed by atoms with E-state index in [0.717, 1.165) is 24.1 Å². The predicted molar refractivity (Wildman–Crippen MR) is 78.8 cm³/mol. The number of alkyl halides is 1. The molecule has 1 amide bonds. The van der Waals surface area contributed by atoms with Crippen LogP contribution in [0.2, 0.25) is 0 Å². The van der Waals surface area contributed by atoms with Crippen LogP contribution in [0.25, 0.3) is 0 Å². The molecule has 3 unspecified atom stereocenters. The molecule has 104 valence electrons. The van der Waals surface area contributed by atoms with Crippen LogP contribution >= 0.6 is 15.9 Å². The van der Waals surface area contributed by atoms with Crippen LogP contribution in [0.1, 0.15) is 59.3 Å². The molecule has 2 saturated carbocycles. The van der Waals surface area contributed by atoms with Gasteiger partial charge in [-0.05, 0) is 48.9 Å². The predicted octanol–water partition coefficient (Wildman–Crippen LogP) is 3.88. The van der Waals surface area contributed by atoms with Gasteiger partial charge in [-0.3, -0.25) is 4.79 Å². The zero-order valence-corrected chi connectivity index (χ0v) is 13.5. The van der Waals surface area contributed by atoms with Crippen LogP contribution < -0.4 is 5.32 Å². The zero-order chi connectivity index (χ0) is 13.4. The van der Waals surface area contributed by atoms with Crippen molar-refractivity contribution in [2.24, 2.45) is 16.7 Å². The summed E-state index contributed by atoms with van der Waals surface area (Å²) in [7, 11) is 0. The fraction of sp³-hybridized carbons (Fsp3) is 0.933. The zero-order valence-electron chi connectivity index (χ0n) is 11.9. The fourth-order valence-electron chi connectivity index (χ4n) is 4.28. The molecule has 0 aromatic heterocycles. The van der Waals surface area contributed by atoms with Crippen LogP contribution in [0.3, 0.4) is 0 Å². The molecule has 0 spiro atoms. The average Bonchev–Trinajstić information content (AvgIpc) is 2.76. The highest BCUT2D eigenvalue weighted by atomic mass is 79.9. The molecule has 2 aliphatic rings. The molecule has 18 heavy (non-hydrogen) atoms. The van der Waals surface area contributed by atoms with Gasteiger partial charge in [0.1, 0.15) is 0 Å². The summed E-state index contributed by atoms with van der Waals surface area (Å²) in [5, 5.41) is 4.34. The van der Waals surface area contributed by atoms with E-state index in [9.17, 15) is 4.79 Å². The molecule has 0 aromatic carbocycles. The summed E-state index contributed by atoms with van der Waals surface area (Å²) < 4.78 is 0. The van der Waals surface area contributed by atoms with E-state index in [-0.39, 0.29) is 11.3 Å². The van der Waals surface area contributed by atoms with Crippen molar-refractivity contribution >= 4 is 21.8 Å². The van der Waals surface area contributed by atoms with Crippen molar-refractivity contribution < 1.29 is 4.79 Å². The number of unbranched alkanes of at least 4 members (excludes halogenated alkanes) is 1. The summed E-state index contributed by atoms with van der Waals surface area (Å²) in [6.45, 7) is 7.04. The van der Waals surface area contributed by atoms with Gasteiger partial charge in [-0.1, -0.05) is 36.7 Å². The van der Waals surface area contributed by atoms with E-state index in [2.05, 4.69) is 42.0 Å². The van der Waals surface area contributed by atoms with E-state index in [1.807, 2.05) is 0 Å². The topological polar surface area (TPSA) is 29.1 Å². The van der Waals surface area contributed by atoms with Gasteiger partial charge in [0.2, 0.25) is 5.91 Å². The lowest BCUT2D eigenvalue weighted by Crippen LogP contribution is -2.52. The second-order valence-electron chi connectivity index (χ2n) is 7.06. The maximum Gasteiger partial charge on any atom is 0.220 e. The smallest absolute Gasteiger partial charge is 0.220 e. The maximum absolute atomic E-state index is 12.1. The Kier molecular flexibility index (Phi) is 4.10. The lowest BCUT2D eigenvalue weighted by atomic mass is 9.68. The lowest BCUT2D eigenvalue weighted by Gasteiger charge is -2.43. The number of fused-ring (bicyclic) bond motifs is 2. The Morgan fingerprint density at radius 2 is 2.06 bits per heavy atom. The van der Waals surface area contributed by atoms with Crippen molar-refractivity contribution in [3.05, 3.63) is 0 Å². The number of amides is 1. The van der Waals surface area contributed by atoms with E-state index >= 15 is 0 Å². The molecule has 0 heterocycles. The molecule has 2 bridgehead atoms. The summed E-state index contributed by atoms with van der Waals surface area (Å²) in [4.78, 5) is 12.1. The first-order valence-corrected chi connectivity index (χ1v) is 8.37. The van der Waals surface area contributed by atoms with Crippen molar-refractivity contribution in [3.8, 4) is 0 Å². The van der Waals surface area contributed by atoms with E-state index < -0.39 is 0 Å². The summed E-state index contributed by atoms with van der Waals surface area (Å²) in [5.41, 5.74) is 0.622. The molecule has 0 aromatic rings. The molecule has 0 radical (unpaired) electrons. The Bertz CT molecular complexity index is 324. The summed E-state index contributed by atoms with van der Waals surface area (Å²) in [6, 6.07) is 0.375. The van der Waals surface area contributed by atoms with Crippen LogP contribution in [0, 0.1) is 16.7 Å². The standard InChI is InChI=1S/C15H26BrNO/c1-14(2)11-7-8-15(3,10-11)13(14)17-12(18)6-4-5-9-16/h11,13H,4-10H2,1-3H3,(H,17,18). The van der Waals surface area contributed by atoms with Gasteiger partial charge in [0.05, 0.1) is 0 Å². The van der Waals surface area contributed by atoms with Crippen LogP contribution in [0.15, 0.2) is 0 Å². The quantitative estimate of drug-likeness (QED) is 0.605. The molecule has 3 atom stereocenters. The van der Waals surface area contributed by atoms with Crippen molar-refractivity contribution in [3.63, 3.8) is 0 Å². The second-order valence-corrected chi connectivity index (χ2v) is 7.85. The Morgan fingerprint density at radius 3 is 2.61 bits per heavy atom. The van der Waals surface area contributed by atoms with Crippen LogP contribution in [-0.4, -0.2) is 17.3 Å². The third kappa shape index (κ3) is 2.48. The Balaban J connectivity index is 1.94. The first-order valence-electron chi connectivity index (χ1n) is 7.25. The third-order valence-electron chi connectivity index (χ3n) is 5.36. The van der Waals surface area contributed by atoms with Gasteiger partial charge in [-0.25, -0.2) is 0 Å². The number of hydrogen-bond donors (Lipinski definition) is 1. The summed E-state index contributed by atoms with van der Waals surface area (Å²) in [6.07, 6.45) is 6.68.